The second-order valence-electron chi connectivity index (χ2n) is 7.63. The summed E-state index contributed by atoms with van der Waals surface area (Å²) in [6.07, 6.45) is 6.34. The molecule has 2 aliphatic rings. The largest absolute Gasteiger partial charge is 0.338 e. The molecule has 0 aromatic carbocycles. The minimum atomic E-state index is 0.0983. The minimum absolute atomic E-state index is 0.0983. The number of carbonyl (C=O) groups excluding carboxylic acids is 1. The number of urea groups is 1. The van der Waals surface area contributed by atoms with Crippen LogP contribution in [0.3, 0.4) is 0 Å². The fraction of sp³-hybridized carbons (Fsp3) is 0.944. The Hall–Kier alpha value is -0.810. The van der Waals surface area contributed by atoms with E-state index in [-0.39, 0.29) is 6.03 Å². The maximum absolute atomic E-state index is 12.2. The number of carbonyl (C=O) groups is 1. The van der Waals surface area contributed by atoms with E-state index in [4.69, 9.17) is 0 Å². The quantitative estimate of drug-likeness (QED) is 0.813. The molecule has 2 fully saturated rings. The lowest BCUT2D eigenvalue weighted by atomic mass is 9.80. The molecule has 1 heterocycles. The molecule has 0 unspecified atom stereocenters. The molecule has 0 aromatic heterocycles. The van der Waals surface area contributed by atoms with Crippen molar-refractivity contribution in [3.8, 4) is 0 Å². The van der Waals surface area contributed by atoms with Gasteiger partial charge < -0.3 is 20.0 Å². The van der Waals surface area contributed by atoms with Crippen molar-refractivity contribution in [1.82, 2.24) is 20.0 Å². The summed E-state index contributed by atoms with van der Waals surface area (Å²) >= 11 is 0. The van der Waals surface area contributed by atoms with E-state index >= 15 is 0 Å². The predicted molar refractivity (Wildman–Crippen MR) is 95.7 cm³/mol. The van der Waals surface area contributed by atoms with Crippen molar-refractivity contribution in [2.75, 3.05) is 59.9 Å². The molecular formula is C18H36N4O. The molecule has 1 saturated heterocycles. The summed E-state index contributed by atoms with van der Waals surface area (Å²) in [5, 5.41) is 3.14. The van der Waals surface area contributed by atoms with Gasteiger partial charge in [0.15, 0.2) is 0 Å². The SMILES string of the molecule is C[C@@H]1CCCC[C@@H]1CNC(=O)N(C)CCCN1CCN(C)CC1. The summed E-state index contributed by atoms with van der Waals surface area (Å²) in [4.78, 5) is 18.9. The topological polar surface area (TPSA) is 38.8 Å². The highest BCUT2D eigenvalue weighted by Crippen LogP contribution is 2.28. The third kappa shape index (κ3) is 6.30. The van der Waals surface area contributed by atoms with Crippen molar-refractivity contribution in [3.63, 3.8) is 0 Å². The highest BCUT2D eigenvalue weighted by atomic mass is 16.2. The maximum atomic E-state index is 12.2. The molecule has 5 nitrogen and oxygen atoms in total. The van der Waals surface area contributed by atoms with Gasteiger partial charge in [-0.05, 0) is 38.3 Å². The van der Waals surface area contributed by atoms with E-state index in [1.165, 1.54) is 25.7 Å². The molecule has 2 rings (SSSR count). The zero-order valence-electron chi connectivity index (χ0n) is 15.4. The van der Waals surface area contributed by atoms with Crippen molar-refractivity contribution in [2.45, 2.75) is 39.0 Å². The van der Waals surface area contributed by atoms with Crippen LogP contribution in [-0.4, -0.2) is 80.6 Å². The van der Waals surface area contributed by atoms with Crippen molar-refractivity contribution in [3.05, 3.63) is 0 Å². The zero-order valence-corrected chi connectivity index (χ0v) is 15.4. The Morgan fingerprint density at radius 2 is 1.87 bits per heavy atom. The molecule has 134 valence electrons. The molecule has 5 heteroatoms. The van der Waals surface area contributed by atoms with Gasteiger partial charge in [-0.2, -0.15) is 0 Å². The van der Waals surface area contributed by atoms with Gasteiger partial charge in [0.2, 0.25) is 0 Å². The van der Waals surface area contributed by atoms with Crippen molar-refractivity contribution in [2.24, 2.45) is 11.8 Å². The number of hydrogen-bond acceptors (Lipinski definition) is 3. The van der Waals surface area contributed by atoms with E-state index in [2.05, 4.69) is 29.1 Å². The van der Waals surface area contributed by atoms with Crippen molar-refractivity contribution in [1.29, 1.82) is 0 Å². The van der Waals surface area contributed by atoms with Crippen LogP contribution in [0.2, 0.25) is 0 Å². The number of rotatable bonds is 6. The summed E-state index contributed by atoms with van der Waals surface area (Å²) in [5.74, 6) is 1.43. The normalized spacial score (nSPS) is 26.9. The lowest BCUT2D eigenvalue weighted by molar-refractivity contribution is 0.148. The van der Waals surface area contributed by atoms with Gasteiger partial charge >= 0.3 is 6.03 Å². The third-order valence-corrected chi connectivity index (χ3v) is 5.72. The monoisotopic (exact) mass is 324 g/mol. The Morgan fingerprint density at radius 1 is 1.17 bits per heavy atom. The van der Waals surface area contributed by atoms with Crippen LogP contribution in [0.4, 0.5) is 4.79 Å². The van der Waals surface area contributed by atoms with E-state index in [9.17, 15) is 4.79 Å². The smallest absolute Gasteiger partial charge is 0.317 e. The maximum Gasteiger partial charge on any atom is 0.317 e. The predicted octanol–water partition coefficient (Wildman–Crippen LogP) is 2.09. The highest BCUT2D eigenvalue weighted by molar-refractivity contribution is 5.73. The first-order valence-corrected chi connectivity index (χ1v) is 9.46. The van der Waals surface area contributed by atoms with E-state index < -0.39 is 0 Å². The van der Waals surface area contributed by atoms with Crippen LogP contribution >= 0.6 is 0 Å². The number of hydrogen-bond donors (Lipinski definition) is 1. The number of nitrogens with one attached hydrogen (secondary N) is 1. The van der Waals surface area contributed by atoms with E-state index in [0.717, 1.165) is 58.2 Å². The first-order valence-electron chi connectivity index (χ1n) is 9.46. The average molecular weight is 325 g/mol. The second-order valence-corrected chi connectivity index (χ2v) is 7.63. The molecule has 1 N–H and O–H groups in total. The summed E-state index contributed by atoms with van der Waals surface area (Å²) in [6.45, 7) is 9.77. The van der Waals surface area contributed by atoms with E-state index in [0.29, 0.717) is 5.92 Å². The minimum Gasteiger partial charge on any atom is -0.338 e. The molecular weight excluding hydrogens is 288 g/mol. The van der Waals surface area contributed by atoms with Gasteiger partial charge in [-0.15, -0.1) is 0 Å². The van der Waals surface area contributed by atoms with Gasteiger partial charge in [-0.25, -0.2) is 4.79 Å². The molecule has 23 heavy (non-hydrogen) atoms. The molecule has 2 atom stereocenters. The summed E-state index contributed by atoms with van der Waals surface area (Å²) in [5.41, 5.74) is 0. The number of likely N-dealkylation sites (N-methyl/N-ethyl adjacent to an activating group) is 1. The van der Waals surface area contributed by atoms with Crippen LogP contribution < -0.4 is 5.32 Å². The zero-order chi connectivity index (χ0) is 16.7. The Morgan fingerprint density at radius 3 is 2.57 bits per heavy atom. The standard InChI is InChI=1S/C18H36N4O/c1-16-7-4-5-8-17(16)15-19-18(23)21(3)9-6-10-22-13-11-20(2)12-14-22/h16-17H,4-15H2,1-3H3,(H,19,23)/t16-,17-/m1/s1. The number of nitrogens with zero attached hydrogens (tertiary/aromatic N) is 3. The first-order chi connectivity index (χ1) is 11.1. The number of piperazine rings is 1. The third-order valence-electron chi connectivity index (χ3n) is 5.72. The molecule has 0 radical (unpaired) electrons. The van der Waals surface area contributed by atoms with Gasteiger partial charge in [0.1, 0.15) is 0 Å². The summed E-state index contributed by atoms with van der Waals surface area (Å²) in [7, 11) is 4.10. The van der Waals surface area contributed by atoms with Gasteiger partial charge in [-0.1, -0.05) is 26.2 Å². The molecule has 2 amide bonds. The second kappa shape index (κ2) is 9.48. The molecule has 1 saturated carbocycles. The van der Waals surface area contributed by atoms with Crippen LogP contribution in [0.5, 0.6) is 0 Å². The molecule has 0 aromatic rings. The Labute approximate surface area is 142 Å². The average Bonchev–Trinajstić information content (AvgIpc) is 2.55. The van der Waals surface area contributed by atoms with E-state index in [1.54, 1.807) is 0 Å². The van der Waals surface area contributed by atoms with E-state index in [1.807, 2.05) is 11.9 Å². The number of amides is 2. The molecule has 1 aliphatic heterocycles. The van der Waals surface area contributed by atoms with Crippen LogP contribution in [-0.2, 0) is 0 Å². The van der Waals surface area contributed by atoms with Crippen LogP contribution in [0.1, 0.15) is 39.0 Å². The van der Waals surface area contributed by atoms with Crippen molar-refractivity contribution >= 4 is 6.03 Å². The van der Waals surface area contributed by atoms with Crippen molar-refractivity contribution < 1.29 is 4.79 Å². The van der Waals surface area contributed by atoms with Crippen LogP contribution in [0.15, 0.2) is 0 Å². The molecule has 0 spiro atoms. The van der Waals surface area contributed by atoms with Gasteiger partial charge in [0.25, 0.3) is 0 Å². The lowest BCUT2D eigenvalue weighted by Crippen LogP contribution is -2.46. The van der Waals surface area contributed by atoms with Crippen LogP contribution in [0, 0.1) is 11.8 Å². The van der Waals surface area contributed by atoms with Gasteiger partial charge in [0, 0.05) is 46.3 Å². The first kappa shape index (κ1) is 18.5. The lowest BCUT2D eigenvalue weighted by Gasteiger charge is -2.32. The Balaban J connectivity index is 1.57. The Kier molecular flexibility index (Phi) is 7.63. The summed E-state index contributed by atoms with van der Waals surface area (Å²) in [6, 6.07) is 0.0983. The van der Waals surface area contributed by atoms with Gasteiger partial charge in [-0.3, -0.25) is 0 Å². The molecule has 1 aliphatic carbocycles. The van der Waals surface area contributed by atoms with Gasteiger partial charge in [0.05, 0.1) is 0 Å². The summed E-state index contributed by atoms with van der Waals surface area (Å²) < 4.78 is 0. The molecule has 0 bridgehead atoms. The Bertz CT molecular complexity index is 355. The fourth-order valence-corrected chi connectivity index (χ4v) is 3.75. The fourth-order valence-electron chi connectivity index (χ4n) is 3.75. The van der Waals surface area contributed by atoms with Crippen LogP contribution in [0.25, 0.3) is 0 Å². The highest BCUT2D eigenvalue weighted by Gasteiger charge is 2.22.